The normalized spacial score (nSPS) is 15.1. The van der Waals surface area contributed by atoms with Gasteiger partial charge in [-0.3, -0.25) is 4.79 Å². The number of hydrogen-bond donors (Lipinski definition) is 0. The predicted octanol–water partition coefficient (Wildman–Crippen LogP) is 3.71. The molecule has 1 heterocycles. The number of benzene rings is 1. The Kier molecular flexibility index (Phi) is 5.04. The molecule has 0 bridgehead atoms. The number of nitrogens with zero attached hydrogens (tertiary/aromatic N) is 3. The van der Waals surface area contributed by atoms with Gasteiger partial charge in [-0.1, -0.05) is 17.8 Å². The predicted molar refractivity (Wildman–Crippen MR) is 94.8 cm³/mol. The molecule has 1 fully saturated rings. The van der Waals surface area contributed by atoms with Gasteiger partial charge in [0.1, 0.15) is 11.6 Å². The van der Waals surface area contributed by atoms with Crippen LogP contribution in [0.3, 0.4) is 0 Å². The second kappa shape index (κ2) is 7.21. The molecule has 0 aliphatic heterocycles. The van der Waals surface area contributed by atoms with Crippen LogP contribution < -0.4 is 4.74 Å². The molecular weight excluding hydrogens is 322 g/mol. The van der Waals surface area contributed by atoms with Crippen LogP contribution in [-0.4, -0.2) is 32.9 Å². The van der Waals surface area contributed by atoms with Crippen LogP contribution in [0.5, 0.6) is 5.75 Å². The molecule has 126 valence electrons. The highest BCUT2D eigenvalue weighted by molar-refractivity contribution is 8.00. The molecule has 24 heavy (non-hydrogen) atoms. The molecule has 0 amide bonds. The number of ether oxygens (including phenoxy) is 1. The van der Waals surface area contributed by atoms with Crippen molar-refractivity contribution in [2.75, 3.05) is 7.11 Å². The van der Waals surface area contributed by atoms with E-state index in [0.717, 1.165) is 16.7 Å². The molecule has 1 aliphatic carbocycles. The number of carbonyl (C=O) groups excluding carboxylic acids is 1. The number of allylic oxidation sites excluding steroid dienone is 1. The van der Waals surface area contributed by atoms with E-state index in [0.29, 0.717) is 18.0 Å². The fourth-order valence-corrected chi connectivity index (χ4v) is 3.48. The van der Waals surface area contributed by atoms with Crippen LogP contribution in [0.25, 0.3) is 0 Å². The van der Waals surface area contributed by atoms with Crippen LogP contribution >= 0.6 is 11.8 Å². The van der Waals surface area contributed by atoms with E-state index in [-0.39, 0.29) is 11.0 Å². The minimum absolute atomic E-state index is 0.0729. The van der Waals surface area contributed by atoms with E-state index in [2.05, 4.69) is 21.3 Å². The lowest BCUT2D eigenvalue weighted by Gasteiger charge is -2.12. The van der Waals surface area contributed by atoms with Gasteiger partial charge in [0.2, 0.25) is 0 Å². The average Bonchev–Trinajstić information content (AvgIpc) is 3.38. The Morgan fingerprint density at radius 3 is 2.71 bits per heavy atom. The van der Waals surface area contributed by atoms with Crippen molar-refractivity contribution in [1.29, 1.82) is 0 Å². The number of hydrogen-bond acceptors (Lipinski definition) is 5. The minimum Gasteiger partial charge on any atom is -0.497 e. The van der Waals surface area contributed by atoms with Crippen molar-refractivity contribution in [2.45, 2.75) is 42.6 Å². The zero-order chi connectivity index (χ0) is 17.1. The fraction of sp³-hybridized carbons (Fsp3) is 0.389. The number of Topliss-reactive ketones (excluding diaryl/α,β-unsaturated/α-hetero) is 1. The lowest BCUT2D eigenvalue weighted by molar-refractivity contribution is 0.0994. The van der Waals surface area contributed by atoms with Crippen molar-refractivity contribution < 1.29 is 9.53 Å². The molecule has 1 aliphatic rings. The first-order valence-electron chi connectivity index (χ1n) is 8.03. The van der Waals surface area contributed by atoms with Crippen molar-refractivity contribution >= 4 is 17.5 Å². The molecule has 2 aromatic rings. The van der Waals surface area contributed by atoms with Gasteiger partial charge in [-0.2, -0.15) is 0 Å². The standard InChI is InChI=1S/C18H21N3O2S/c1-4-11-21-17(14-5-6-14)19-20-18(21)24-12(2)16(22)13-7-9-15(23-3)10-8-13/h4,7-10,12,14H,1,5-6,11H2,2-3H3. The number of methoxy groups -OCH3 is 1. The molecule has 1 aromatic carbocycles. The molecule has 1 unspecified atom stereocenters. The molecule has 0 N–H and O–H groups in total. The molecule has 0 saturated heterocycles. The van der Waals surface area contributed by atoms with E-state index in [1.54, 1.807) is 31.4 Å². The van der Waals surface area contributed by atoms with Crippen LogP contribution in [0.2, 0.25) is 0 Å². The summed E-state index contributed by atoms with van der Waals surface area (Å²) in [5.74, 6) is 2.34. The molecule has 1 atom stereocenters. The van der Waals surface area contributed by atoms with Gasteiger partial charge in [0.15, 0.2) is 10.9 Å². The van der Waals surface area contributed by atoms with Gasteiger partial charge in [-0.25, -0.2) is 0 Å². The SMILES string of the molecule is C=CCn1c(SC(C)C(=O)c2ccc(OC)cc2)nnc1C1CC1. The lowest BCUT2D eigenvalue weighted by Crippen LogP contribution is -2.15. The van der Waals surface area contributed by atoms with E-state index < -0.39 is 0 Å². The third kappa shape index (κ3) is 3.53. The summed E-state index contributed by atoms with van der Waals surface area (Å²) in [6, 6.07) is 7.19. The number of aromatic nitrogens is 3. The van der Waals surface area contributed by atoms with Crippen molar-refractivity contribution in [1.82, 2.24) is 14.8 Å². The summed E-state index contributed by atoms with van der Waals surface area (Å²) in [6.45, 7) is 6.39. The number of rotatable bonds is 8. The van der Waals surface area contributed by atoms with E-state index >= 15 is 0 Å². The Hall–Kier alpha value is -2.08. The van der Waals surface area contributed by atoms with Gasteiger partial charge in [-0.05, 0) is 44.0 Å². The topological polar surface area (TPSA) is 57.0 Å². The maximum absolute atomic E-state index is 12.6. The highest BCUT2D eigenvalue weighted by atomic mass is 32.2. The second-order valence-corrected chi connectivity index (χ2v) is 7.18. The van der Waals surface area contributed by atoms with E-state index in [9.17, 15) is 4.79 Å². The third-order valence-corrected chi connectivity index (χ3v) is 5.11. The van der Waals surface area contributed by atoms with Crippen molar-refractivity contribution in [2.24, 2.45) is 0 Å². The highest BCUT2D eigenvalue weighted by Gasteiger charge is 2.31. The molecule has 3 rings (SSSR count). The quantitative estimate of drug-likeness (QED) is 0.415. The molecule has 6 heteroatoms. The third-order valence-electron chi connectivity index (χ3n) is 4.03. The molecule has 0 spiro atoms. The van der Waals surface area contributed by atoms with Crippen LogP contribution in [0.1, 0.15) is 41.9 Å². The number of thioether (sulfide) groups is 1. The zero-order valence-electron chi connectivity index (χ0n) is 13.9. The van der Waals surface area contributed by atoms with Gasteiger partial charge in [-0.15, -0.1) is 16.8 Å². The van der Waals surface area contributed by atoms with Crippen molar-refractivity contribution in [3.63, 3.8) is 0 Å². The number of carbonyl (C=O) groups is 1. The summed E-state index contributed by atoms with van der Waals surface area (Å²) in [5, 5.41) is 9.16. The Labute approximate surface area is 146 Å². The molecule has 0 radical (unpaired) electrons. The summed E-state index contributed by atoms with van der Waals surface area (Å²) in [7, 11) is 1.61. The maximum atomic E-state index is 12.6. The van der Waals surface area contributed by atoms with Crippen molar-refractivity contribution in [3.8, 4) is 5.75 Å². The molecule has 5 nitrogen and oxygen atoms in total. The second-order valence-electron chi connectivity index (χ2n) is 5.87. The summed E-state index contributed by atoms with van der Waals surface area (Å²) >= 11 is 1.45. The van der Waals surface area contributed by atoms with E-state index in [4.69, 9.17) is 4.74 Å². The largest absolute Gasteiger partial charge is 0.497 e. The van der Waals surface area contributed by atoms with Crippen LogP contribution in [-0.2, 0) is 6.54 Å². The van der Waals surface area contributed by atoms with E-state index in [1.807, 2.05) is 13.0 Å². The van der Waals surface area contributed by atoms with Crippen LogP contribution in [0, 0.1) is 0 Å². The summed E-state index contributed by atoms with van der Waals surface area (Å²) < 4.78 is 7.21. The average molecular weight is 343 g/mol. The molecular formula is C18H21N3O2S. The first kappa shape index (κ1) is 16.8. The van der Waals surface area contributed by atoms with Crippen LogP contribution in [0.4, 0.5) is 0 Å². The lowest BCUT2D eigenvalue weighted by atomic mass is 10.1. The maximum Gasteiger partial charge on any atom is 0.192 e. The van der Waals surface area contributed by atoms with Gasteiger partial charge in [0.25, 0.3) is 0 Å². The fourth-order valence-electron chi connectivity index (χ4n) is 2.53. The van der Waals surface area contributed by atoms with Crippen molar-refractivity contribution in [3.05, 3.63) is 48.3 Å². The molecule has 1 aromatic heterocycles. The smallest absolute Gasteiger partial charge is 0.192 e. The number of ketones is 1. The highest BCUT2D eigenvalue weighted by Crippen LogP contribution is 2.40. The Morgan fingerprint density at radius 2 is 2.12 bits per heavy atom. The summed E-state index contributed by atoms with van der Waals surface area (Å²) in [6.07, 6.45) is 4.18. The first-order valence-corrected chi connectivity index (χ1v) is 8.91. The first-order chi connectivity index (χ1) is 11.6. The molecule has 1 saturated carbocycles. The monoisotopic (exact) mass is 343 g/mol. The van der Waals surface area contributed by atoms with Crippen LogP contribution in [0.15, 0.2) is 42.1 Å². The summed E-state index contributed by atoms with van der Waals surface area (Å²) in [4.78, 5) is 12.6. The summed E-state index contributed by atoms with van der Waals surface area (Å²) in [5.41, 5.74) is 0.674. The van der Waals surface area contributed by atoms with Gasteiger partial charge >= 0.3 is 0 Å². The van der Waals surface area contributed by atoms with E-state index in [1.165, 1.54) is 24.6 Å². The Morgan fingerprint density at radius 1 is 1.42 bits per heavy atom. The van der Waals surface area contributed by atoms with Gasteiger partial charge in [0.05, 0.1) is 12.4 Å². The minimum atomic E-state index is -0.238. The Balaban J connectivity index is 1.74. The van der Waals surface area contributed by atoms with Gasteiger partial charge < -0.3 is 9.30 Å². The zero-order valence-corrected chi connectivity index (χ0v) is 14.8. The Bertz CT molecular complexity index is 735. The van der Waals surface area contributed by atoms with Gasteiger partial charge in [0, 0.05) is 18.0 Å².